The topological polar surface area (TPSA) is 57.1 Å². The van der Waals surface area contributed by atoms with Crippen molar-refractivity contribution in [2.24, 2.45) is 0 Å². The molecule has 1 aromatic rings. The number of methoxy groups -OCH3 is 1. The highest BCUT2D eigenvalue weighted by atomic mass is 35.5. The number of aromatic nitrogens is 3. The van der Waals surface area contributed by atoms with Gasteiger partial charge in [-0.05, 0) is 11.6 Å². The Morgan fingerprint density at radius 2 is 1.77 bits per heavy atom. The summed E-state index contributed by atoms with van der Waals surface area (Å²) in [6.45, 7) is 0. The minimum atomic E-state index is -0.252. The molecule has 0 aliphatic carbocycles. The zero-order chi connectivity index (χ0) is 9.84. The fourth-order valence-electron chi connectivity index (χ4n) is 0.592. The van der Waals surface area contributed by atoms with Crippen molar-refractivity contribution in [1.29, 1.82) is 0 Å². The Kier molecular flexibility index (Phi) is 3.56. The van der Waals surface area contributed by atoms with Gasteiger partial charge in [-0.2, -0.15) is 9.97 Å². The predicted molar refractivity (Wildman–Crippen MR) is 51.2 cm³/mol. The number of rotatable bonds is 3. The number of ether oxygens (including phenoxy) is 1. The molecular weight excluding hydrogens is 214 g/mol. The molecule has 5 nitrogen and oxygen atoms in total. The lowest BCUT2D eigenvalue weighted by molar-refractivity contribution is 0.370. The molecule has 0 spiro atoms. The van der Waals surface area contributed by atoms with E-state index in [1.807, 2.05) is 12.5 Å². The first-order valence-corrected chi connectivity index (χ1v) is 5.67. The highest BCUT2D eigenvalue weighted by Gasteiger charge is 2.13. The average Bonchev–Trinajstić information content (AvgIpc) is 2.01. The minimum Gasteiger partial charge on any atom is -0.467 e. The molecule has 0 aliphatic heterocycles. The van der Waals surface area contributed by atoms with Crippen molar-refractivity contribution in [2.45, 2.75) is 0 Å². The van der Waals surface area contributed by atoms with Crippen molar-refractivity contribution in [3.8, 4) is 12.0 Å². The van der Waals surface area contributed by atoms with Gasteiger partial charge in [0.2, 0.25) is 5.28 Å². The first-order valence-electron chi connectivity index (χ1n) is 3.33. The molecule has 0 bridgehead atoms. The molecule has 0 saturated carbocycles. The number of nitrogens with zero attached hydrogens (tertiary/aromatic N) is 3. The third kappa shape index (κ3) is 3.23. The smallest absolute Gasteiger partial charge is 0.383 e. The molecule has 0 radical (unpaired) electrons. The second kappa shape index (κ2) is 4.48. The SMILES string of the molecule is COc1nc(Cl)nc(O[S+](C)C)n1. The van der Waals surface area contributed by atoms with Gasteiger partial charge in [-0.15, -0.1) is 4.98 Å². The number of halogens is 1. The van der Waals surface area contributed by atoms with Crippen molar-refractivity contribution in [2.75, 3.05) is 19.6 Å². The fraction of sp³-hybridized carbons (Fsp3) is 0.500. The Labute approximate surface area is 84.0 Å². The van der Waals surface area contributed by atoms with Crippen LogP contribution in [0, 0.1) is 0 Å². The summed E-state index contributed by atoms with van der Waals surface area (Å²) in [7, 11) is 1.45. The maximum absolute atomic E-state index is 5.59. The van der Waals surface area contributed by atoms with Crippen LogP contribution in [0.5, 0.6) is 12.0 Å². The molecule has 0 fully saturated rings. The van der Waals surface area contributed by atoms with Crippen LogP contribution in [0.2, 0.25) is 5.28 Å². The van der Waals surface area contributed by atoms with E-state index in [4.69, 9.17) is 20.5 Å². The van der Waals surface area contributed by atoms with E-state index in [1.165, 1.54) is 7.11 Å². The van der Waals surface area contributed by atoms with Gasteiger partial charge in [-0.1, -0.05) is 0 Å². The van der Waals surface area contributed by atoms with Crippen molar-refractivity contribution < 1.29 is 8.92 Å². The molecule has 0 amide bonds. The molecule has 1 aromatic heterocycles. The van der Waals surface area contributed by atoms with Crippen molar-refractivity contribution >= 4 is 22.8 Å². The van der Waals surface area contributed by atoms with Crippen LogP contribution in [0.1, 0.15) is 0 Å². The lowest BCUT2D eigenvalue weighted by Gasteiger charge is -1.99. The fourth-order valence-corrected chi connectivity index (χ4v) is 1.11. The highest BCUT2D eigenvalue weighted by Crippen LogP contribution is 2.13. The monoisotopic (exact) mass is 222 g/mol. The van der Waals surface area contributed by atoms with E-state index in [2.05, 4.69) is 15.0 Å². The first-order chi connectivity index (χ1) is 6.11. The molecule has 1 heterocycles. The van der Waals surface area contributed by atoms with Gasteiger partial charge in [0.15, 0.2) is 11.2 Å². The van der Waals surface area contributed by atoms with Crippen LogP contribution in [-0.2, 0) is 11.2 Å². The zero-order valence-electron chi connectivity index (χ0n) is 7.44. The van der Waals surface area contributed by atoms with Gasteiger partial charge in [0.05, 0.1) is 7.11 Å². The maximum Gasteiger partial charge on any atom is 0.383 e. The van der Waals surface area contributed by atoms with E-state index >= 15 is 0 Å². The molecule has 0 unspecified atom stereocenters. The van der Waals surface area contributed by atoms with E-state index in [1.54, 1.807) is 0 Å². The summed E-state index contributed by atoms with van der Waals surface area (Å²) in [6.07, 6.45) is 3.79. The summed E-state index contributed by atoms with van der Waals surface area (Å²) in [4.78, 5) is 11.3. The van der Waals surface area contributed by atoms with Crippen LogP contribution in [0.15, 0.2) is 0 Å². The second-order valence-electron chi connectivity index (χ2n) is 2.20. The van der Waals surface area contributed by atoms with E-state index in [-0.39, 0.29) is 28.5 Å². The van der Waals surface area contributed by atoms with Crippen LogP contribution >= 0.6 is 11.6 Å². The van der Waals surface area contributed by atoms with E-state index in [9.17, 15) is 0 Å². The normalized spacial score (nSPS) is 10.2. The predicted octanol–water partition coefficient (Wildman–Crippen LogP) is 0.705. The Bertz CT molecular complexity index is 297. The summed E-state index contributed by atoms with van der Waals surface area (Å²) in [5.74, 6) is 0. The van der Waals surface area contributed by atoms with Crippen molar-refractivity contribution in [1.82, 2.24) is 15.0 Å². The molecule has 7 heteroatoms. The van der Waals surface area contributed by atoms with Gasteiger partial charge in [0, 0.05) is 0 Å². The second-order valence-corrected chi connectivity index (χ2v) is 4.19. The van der Waals surface area contributed by atoms with Gasteiger partial charge in [0.25, 0.3) is 0 Å². The minimum absolute atomic E-state index is 0.0623. The van der Waals surface area contributed by atoms with Gasteiger partial charge in [-0.25, -0.2) is 4.18 Å². The summed E-state index contributed by atoms with van der Waals surface area (Å²) in [6, 6.07) is 0.339. The van der Waals surface area contributed by atoms with Gasteiger partial charge in [-0.3, -0.25) is 0 Å². The van der Waals surface area contributed by atoms with Crippen molar-refractivity contribution in [3.63, 3.8) is 0 Å². The number of hydrogen-bond acceptors (Lipinski definition) is 5. The standard InChI is InChI=1S/C6H9ClN3O2S/c1-11-5-8-4(7)9-6(10-5)12-13(2)3/h1-3H3/q+1. The van der Waals surface area contributed by atoms with Gasteiger partial charge >= 0.3 is 12.0 Å². The Morgan fingerprint density at radius 1 is 1.15 bits per heavy atom. The van der Waals surface area contributed by atoms with Gasteiger partial charge in [0.1, 0.15) is 12.5 Å². The molecule has 0 aliphatic rings. The average molecular weight is 223 g/mol. The lowest BCUT2D eigenvalue weighted by Crippen LogP contribution is -2.08. The summed E-state index contributed by atoms with van der Waals surface area (Å²) in [5, 5.41) is 0.0623. The number of hydrogen-bond donors (Lipinski definition) is 0. The lowest BCUT2D eigenvalue weighted by atomic mass is 11.0. The van der Waals surface area contributed by atoms with Crippen LogP contribution in [0.25, 0.3) is 0 Å². The summed E-state index contributed by atoms with van der Waals surface area (Å²) >= 11 is 5.34. The largest absolute Gasteiger partial charge is 0.467 e. The van der Waals surface area contributed by atoms with E-state index in [0.717, 1.165) is 0 Å². The van der Waals surface area contributed by atoms with Crippen LogP contribution in [0.3, 0.4) is 0 Å². The molecule has 72 valence electrons. The molecule has 0 aromatic carbocycles. The van der Waals surface area contributed by atoms with E-state index < -0.39 is 0 Å². The van der Waals surface area contributed by atoms with Crippen molar-refractivity contribution in [3.05, 3.63) is 5.28 Å². The van der Waals surface area contributed by atoms with E-state index in [0.29, 0.717) is 0 Å². The highest BCUT2D eigenvalue weighted by molar-refractivity contribution is 7.91. The molecule has 0 saturated heterocycles. The Morgan fingerprint density at radius 3 is 2.31 bits per heavy atom. The Hall–Kier alpha value is -0.750. The zero-order valence-corrected chi connectivity index (χ0v) is 9.02. The van der Waals surface area contributed by atoms with Crippen LogP contribution in [-0.4, -0.2) is 34.6 Å². The van der Waals surface area contributed by atoms with Gasteiger partial charge < -0.3 is 4.74 Å². The quantitative estimate of drug-likeness (QED) is 0.705. The van der Waals surface area contributed by atoms with Crippen LogP contribution in [0.4, 0.5) is 0 Å². The summed E-state index contributed by atoms with van der Waals surface area (Å²) in [5.41, 5.74) is 0. The molecular formula is C6H9ClN3O2S+. The molecule has 0 atom stereocenters. The summed E-state index contributed by atoms with van der Waals surface area (Å²) < 4.78 is 10.0. The molecule has 0 N–H and O–H groups in total. The molecule has 1 rings (SSSR count). The van der Waals surface area contributed by atoms with Crippen LogP contribution < -0.4 is 8.92 Å². The maximum atomic E-state index is 5.59. The third-order valence-corrected chi connectivity index (χ3v) is 1.64. The first kappa shape index (κ1) is 10.3. The molecule has 13 heavy (non-hydrogen) atoms. The Balaban J connectivity index is 2.88. The third-order valence-electron chi connectivity index (χ3n) is 0.991.